The van der Waals surface area contributed by atoms with Gasteiger partial charge in [-0.25, -0.2) is 9.00 Å². The molecule has 1 spiro atoms. The molecule has 0 saturated carbocycles. The summed E-state index contributed by atoms with van der Waals surface area (Å²) < 4.78 is 15.8. The molecule has 1 unspecified atom stereocenters. The van der Waals surface area contributed by atoms with E-state index in [1.54, 1.807) is 12.3 Å². The quantitative estimate of drug-likeness (QED) is 0.727. The number of hydrogen-bond acceptors (Lipinski definition) is 4. The van der Waals surface area contributed by atoms with Crippen molar-refractivity contribution in [2.45, 2.75) is 37.8 Å². The number of likely N-dealkylation sites (tertiary alicyclic amines) is 2. The normalized spacial score (nSPS) is 20.9. The molecular formula is C21H28ClN5O2S. The zero-order valence-corrected chi connectivity index (χ0v) is 18.8. The summed E-state index contributed by atoms with van der Waals surface area (Å²) in [6, 6.07) is 9.56. The number of anilines is 1. The lowest BCUT2D eigenvalue weighted by Crippen LogP contribution is -2.53. The highest BCUT2D eigenvalue weighted by atomic mass is 35.5. The number of hydrogen-bond donors (Lipinski definition) is 1. The van der Waals surface area contributed by atoms with E-state index < -0.39 is 9.71 Å². The van der Waals surface area contributed by atoms with Gasteiger partial charge >= 0.3 is 6.03 Å². The van der Waals surface area contributed by atoms with E-state index >= 15 is 0 Å². The second-order valence-electron chi connectivity index (χ2n) is 8.40. The summed E-state index contributed by atoms with van der Waals surface area (Å²) in [7, 11) is -2.43. The molecule has 1 aromatic heterocycles. The van der Waals surface area contributed by atoms with Crippen molar-refractivity contribution < 1.29 is 9.00 Å². The summed E-state index contributed by atoms with van der Waals surface area (Å²) in [5, 5.41) is 4.98. The van der Waals surface area contributed by atoms with Crippen LogP contribution in [0.2, 0.25) is 5.02 Å². The van der Waals surface area contributed by atoms with Crippen molar-refractivity contribution in [2.75, 3.05) is 30.6 Å². The fourth-order valence-corrected chi connectivity index (χ4v) is 5.39. The first-order chi connectivity index (χ1) is 14.2. The van der Waals surface area contributed by atoms with Crippen LogP contribution in [0.15, 0.2) is 36.5 Å². The monoisotopic (exact) mass is 449 g/mol. The van der Waals surface area contributed by atoms with Gasteiger partial charge in [-0.2, -0.15) is 4.68 Å². The van der Waals surface area contributed by atoms with Crippen LogP contribution in [0, 0.1) is 0 Å². The van der Waals surface area contributed by atoms with Crippen molar-refractivity contribution in [1.82, 2.24) is 19.6 Å². The van der Waals surface area contributed by atoms with E-state index in [1.807, 2.05) is 23.1 Å². The van der Waals surface area contributed by atoms with E-state index in [9.17, 15) is 9.00 Å². The van der Waals surface area contributed by atoms with E-state index in [1.165, 1.54) is 29.3 Å². The van der Waals surface area contributed by atoms with Gasteiger partial charge in [0.05, 0.1) is 0 Å². The maximum absolute atomic E-state index is 12.9. The molecule has 9 heteroatoms. The van der Waals surface area contributed by atoms with Crippen LogP contribution in [0.1, 0.15) is 31.2 Å². The Bertz CT molecular complexity index is 1030. The lowest BCUT2D eigenvalue weighted by Gasteiger charge is -2.45. The Kier molecular flexibility index (Phi) is 5.83. The van der Waals surface area contributed by atoms with Gasteiger partial charge in [-0.15, -0.1) is 5.10 Å². The second kappa shape index (κ2) is 8.24. The number of benzene rings is 1. The SMILES string of the molecule is C=S(C)(=O)Nc1ccn(C(=O)N2CCC3(CCCN3Cc3cccc(Cl)c3)CC2)n1. The van der Waals surface area contributed by atoms with Crippen LogP contribution in [0.5, 0.6) is 0 Å². The second-order valence-corrected chi connectivity index (χ2v) is 11.1. The molecule has 2 aromatic rings. The molecule has 2 fully saturated rings. The molecule has 4 rings (SSSR count). The van der Waals surface area contributed by atoms with Crippen molar-refractivity contribution in [2.24, 2.45) is 0 Å². The van der Waals surface area contributed by atoms with Gasteiger partial charge in [0, 0.05) is 58.4 Å². The first-order valence-corrected chi connectivity index (χ1v) is 12.7. The van der Waals surface area contributed by atoms with E-state index in [0.29, 0.717) is 18.9 Å². The van der Waals surface area contributed by atoms with Crippen molar-refractivity contribution >= 4 is 39.0 Å². The Hall–Kier alpha value is -2.03. The average molecular weight is 450 g/mol. The van der Waals surface area contributed by atoms with Gasteiger partial charge in [-0.1, -0.05) is 23.7 Å². The maximum Gasteiger partial charge on any atom is 0.344 e. The first kappa shape index (κ1) is 21.2. The van der Waals surface area contributed by atoms with E-state index in [4.69, 9.17) is 11.6 Å². The molecule has 2 saturated heterocycles. The van der Waals surface area contributed by atoms with Crippen LogP contribution in [-0.2, 0) is 16.3 Å². The van der Waals surface area contributed by atoms with Gasteiger partial charge in [-0.3, -0.25) is 9.62 Å². The highest BCUT2D eigenvalue weighted by molar-refractivity contribution is 8.00. The summed E-state index contributed by atoms with van der Waals surface area (Å²) in [5.41, 5.74) is 1.38. The molecule has 0 radical (unpaired) electrons. The first-order valence-electron chi connectivity index (χ1n) is 10.2. The maximum atomic E-state index is 12.9. The number of nitrogens with one attached hydrogen (secondary N) is 1. The van der Waals surface area contributed by atoms with Crippen molar-refractivity contribution in [1.29, 1.82) is 0 Å². The Labute approximate surface area is 183 Å². The minimum atomic E-state index is -2.43. The Morgan fingerprint density at radius 1 is 1.27 bits per heavy atom. The van der Waals surface area contributed by atoms with Crippen LogP contribution in [0.4, 0.5) is 10.6 Å². The standard InChI is InChI=1S/C21H28ClN5O2S/c1-30(2,29)24-19-7-12-27(23-19)20(28)25-13-9-21(10-14-25)8-4-11-26(21)16-17-5-3-6-18(22)15-17/h3,5-7,12,15H,1,4,8-11,13-14,16H2,2H3,(H,23,24,29). The molecule has 1 atom stereocenters. The number of nitrogens with zero attached hydrogens (tertiary/aromatic N) is 4. The van der Waals surface area contributed by atoms with Crippen LogP contribution >= 0.6 is 11.6 Å². The van der Waals surface area contributed by atoms with Gasteiger partial charge < -0.3 is 4.90 Å². The van der Waals surface area contributed by atoms with Crippen molar-refractivity contribution in [3.05, 3.63) is 47.1 Å². The lowest BCUT2D eigenvalue weighted by atomic mass is 9.85. The largest absolute Gasteiger partial charge is 0.344 e. The van der Waals surface area contributed by atoms with Gasteiger partial charge in [0.15, 0.2) is 5.82 Å². The molecule has 2 aliphatic rings. The fourth-order valence-electron chi connectivity index (χ4n) is 4.63. The molecule has 1 amide bonds. The molecule has 2 aliphatic heterocycles. The highest BCUT2D eigenvalue weighted by Gasteiger charge is 2.43. The minimum Gasteiger partial charge on any atom is -0.323 e. The summed E-state index contributed by atoms with van der Waals surface area (Å²) in [6.07, 6.45) is 7.35. The third kappa shape index (κ3) is 4.66. The van der Waals surface area contributed by atoms with Crippen molar-refractivity contribution in [3.63, 3.8) is 0 Å². The summed E-state index contributed by atoms with van der Waals surface area (Å²) in [6.45, 7) is 3.38. The van der Waals surface area contributed by atoms with Crippen LogP contribution in [0.25, 0.3) is 0 Å². The van der Waals surface area contributed by atoms with Gasteiger partial charge in [-0.05, 0) is 55.8 Å². The molecule has 30 heavy (non-hydrogen) atoms. The fraction of sp³-hybridized carbons (Fsp3) is 0.476. The zero-order chi connectivity index (χ0) is 21.4. The third-order valence-electron chi connectivity index (χ3n) is 6.07. The molecule has 0 aliphatic carbocycles. The Morgan fingerprint density at radius 2 is 2.03 bits per heavy atom. The number of amides is 1. The smallest absolute Gasteiger partial charge is 0.323 e. The van der Waals surface area contributed by atoms with Crippen molar-refractivity contribution in [3.8, 4) is 0 Å². The molecular weight excluding hydrogens is 422 g/mol. The molecule has 3 heterocycles. The molecule has 1 aromatic carbocycles. The van der Waals surface area contributed by atoms with Crippen LogP contribution < -0.4 is 4.72 Å². The molecule has 162 valence electrons. The number of carbonyl (C=O) groups excluding carboxylic acids is 1. The third-order valence-corrected chi connectivity index (χ3v) is 6.95. The van der Waals surface area contributed by atoms with Crippen LogP contribution in [-0.4, -0.2) is 67.1 Å². The summed E-state index contributed by atoms with van der Waals surface area (Å²) in [4.78, 5) is 17.3. The summed E-state index contributed by atoms with van der Waals surface area (Å²) in [5.74, 6) is 3.94. The number of rotatable bonds is 4. The topological polar surface area (TPSA) is 70.5 Å². The lowest BCUT2D eigenvalue weighted by molar-refractivity contribution is 0.0585. The number of aromatic nitrogens is 2. The zero-order valence-electron chi connectivity index (χ0n) is 17.2. The Morgan fingerprint density at radius 3 is 2.73 bits per heavy atom. The Balaban J connectivity index is 1.39. The number of carbonyl (C=O) groups is 1. The van der Waals surface area contributed by atoms with E-state index in [0.717, 1.165) is 31.0 Å². The van der Waals surface area contributed by atoms with Crippen LogP contribution in [0.3, 0.4) is 0 Å². The molecule has 1 N–H and O–H groups in total. The predicted molar refractivity (Wildman–Crippen MR) is 122 cm³/mol. The summed E-state index contributed by atoms with van der Waals surface area (Å²) >= 11 is 6.16. The minimum absolute atomic E-state index is 0.149. The van der Waals surface area contributed by atoms with Gasteiger partial charge in [0.2, 0.25) is 0 Å². The van der Waals surface area contributed by atoms with Gasteiger partial charge in [0.1, 0.15) is 0 Å². The molecule has 7 nitrogen and oxygen atoms in total. The average Bonchev–Trinajstić information content (AvgIpc) is 3.28. The molecule has 0 bridgehead atoms. The number of piperidine rings is 1. The highest BCUT2D eigenvalue weighted by Crippen LogP contribution is 2.39. The number of halogens is 1. The van der Waals surface area contributed by atoms with E-state index in [-0.39, 0.29) is 11.6 Å². The van der Waals surface area contributed by atoms with E-state index in [2.05, 4.69) is 26.7 Å². The van der Waals surface area contributed by atoms with Gasteiger partial charge in [0.25, 0.3) is 0 Å². The predicted octanol–water partition coefficient (Wildman–Crippen LogP) is 3.31.